The summed E-state index contributed by atoms with van der Waals surface area (Å²) in [5.74, 6) is -2.08. The maximum Gasteiger partial charge on any atom is 0.257 e. The van der Waals surface area contributed by atoms with Crippen LogP contribution in [0.2, 0.25) is 0 Å². The lowest BCUT2D eigenvalue weighted by Crippen LogP contribution is -2.24. The van der Waals surface area contributed by atoms with Crippen molar-refractivity contribution in [2.75, 3.05) is 20.8 Å². The molecule has 2 rings (SSSR count). The second kappa shape index (κ2) is 8.75. The van der Waals surface area contributed by atoms with Crippen molar-refractivity contribution < 1.29 is 27.8 Å². The van der Waals surface area contributed by atoms with E-state index in [2.05, 4.69) is 5.32 Å². The van der Waals surface area contributed by atoms with Crippen molar-refractivity contribution in [3.8, 4) is 11.5 Å². The van der Waals surface area contributed by atoms with Gasteiger partial charge in [-0.15, -0.1) is 0 Å². The largest absolute Gasteiger partial charge is 0.493 e. The Kier molecular flexibility index (Phi) is 6.43. The Bertz CT molecular complexity index is 849. The molecule has 7 heteroatoms. The summed E-state index contributed by atoms with van der Waals surface area (Å²) < 4.78 is 36.7. The lowest BCUT2D eigenvalue weighted by molar-refractivity contribution is -0.122. The molecule has 5 nitrogen and oxygen atoms in total. The van der Waals surface area contributed by atoms with Crippen LogP contribution in [0.1, 0.15) is 15.9 Å². The molecule has 0 unspecified atom stereocenters. The summed E-state index contributed by atoms with van der Waals surface area (Å²) in [6, 6.07) is 7.84. The number of ketones is 1. The third kappa shape index (κ3) is 4.89. The molecule has 26 heavy (non-hydrogen) atoms. The maximum atomic E-state index is 13.2. The topological polar surface area (TPSA) is 64.6 Å². The van der Waals surface area contributed by atoms with Gasteiger partial charge in [-0.1, -0.05) is 12.1 Å². The average Bonchev–Trinajstić information content (AvgIpc) is 2.66. The number of methoxy groups -OCH3 is 1. The van der Waals surface area contributed by atoms with Gasteiger partial charge in [-0.25, -0.2) is 8.78 Å². The Hall–Kier alpha value is -3.22. The number of amides is 1. The van der Waals surface area contributed by atoms with Crippen molar-refractivity contribution >= 4 is 17.8 Å². The van der Waals surface area contributed by atoms with Crippen LogP contribution in [-0.2, 0) is 4.79 Å². The number of hydrogen-bond acceptors (Lipinski definition) is 4. The van der Waals surface area contributed by atoms with Gasteiger partial charge in [0.25, 0.3) is 5.91 Å². The average molecular weight is 361 g/mol. The van der Waals surface area contributed by atoms with Crippen molar-refractivity contribution in [3.05, 3.63) is 65.2 Å². The van der Waals surface area contributed by atoms with Crippen molar-refractivity contribution in [3.63, 3.8) is 0 Å². The van der Waals surface area contributed by atoms with E-state index in [1.165, 1.54) is 32.4 Å². The zero-order valence-corrected chi connectivity index (χ0v) is 14.2. The van der Waals surface area contributed by atoms with Gasteiger partial charge >= 0.3 is 0 Å². The summed E-state index contributed by atoms with van der Waals surface area (Å²) >= 11 is 0. The van der Waals surface area contributed by atoms with E-state index in [4.69, 9.17) is 9.47 Å². The number of carbonyl (C=O) groups excluding carboxylic acids is 2. The fraction of sp³-hybridized carbons (Fsp3) is 0.158. The molecule has 136 valence electrons. The van der Waals surface area contributed by atoms with Gasteiger partial charge in [-0.05, 0) is 42.0 Å². The molecule has 0 radical (unpaired) electrons. The van der Waals surface area contributed by atoms with E-state index >= 15 is 0 Å². The highest BCUT2D eigenvalue weighted by Gasteiger charge is 2.09. The molecule has 0 heterocycles. The number of allylic oxidation sites excluding steroid dienone is 1. The molecule has 0 bridgehead atoms. The molecule has 2 aromatic rings. The van der Waals surface area contributed by atoms with E-state index < -0.39 is 17.4 Å². The molecule has 0 saturated carbocycles. The number of halogens is 2. The second-order valence-electron chi connectivity index (χ2n) is 5.20. The van der Waals surface area contributed by atoms with Crippen molar-refractivity contribution in [1.82, 2.24) is 5.32 Å². The molecule has 1 N–H and O–H groups in total. The smallest absolute Gasteiger partial charge is 0.257 e. The predicted octanol–water partition coefficient (Wildman–Crippen LogP) is 2.99. The van der Waals surface area contributed by atoms with E-state index in [9.17, 15) is 18.4 Å². The number of nitrogens with one attached hydrogen (secondary N) is 1. The van der Waals surface area contributed by atoms with E-state index in [0.717, 1.165) is 12.1 Å². The minimum absolute atomic E-state index is 0.0395. The van der Waals surface area contributed by atoms with Crippen LogP contribution in [0.5, 0.6) is 11.5 Å². The summed E-state index contributed by atoms with van der Waals surface area (Å²) in [5.41, 5.74) is 0.669. The van der Waals surface area contributed by atoms with Crippen LogP contribution in [0.15, 0.2) is 42.5 Å². The Morgan fingerprint density at radius 3 is 2.50 bits per heavy atom. The monoisotopic (exact) mass is 361 g/mol. The molecule has 0 aliphatic heterocycles. The van der Waals surface area contributed by atoms with E-state index in [-0.39, 0.29) is 18.1 Å². The van der Waals surface area contributed by atoms with Gasteiger partial charge in [0.15, 0.2) is 35.5 Å². The number of hydrogen-bond donors (Lipinski definition) is 1. The summed E-state index contributed by atoms with van der Waals surface area (Å²) in [6.45, 7) is -0.156. The first-order chi connectivity index (χ1) is 12.4. The lowest BCUT2D eigenvalue weighted by Gasteiger charge is -2.10. The van der Waals surface area contributed by atoms with Crippen LogP contribution in [-0.4, -0.2) is 32.5 Å². The molecular weight excluding hydrogens is 344 g/mol. The number of ether oxygens (including phenoxy) is 2. The summed E-state index contributed by atoms with van der Waals surface area (Å²) in [4.78, 5) is 23.3. The molecule has 0 atom stereocenters. The Balaban J connectivity index is 2.13. The second-order valence-corrected chi connectivity index (χ2v) is 5.20. The third-order valence-electron chi connectivity index (χ3n) is 3.46. The standard InChI is InChI=1S/C19H17F2NO4/c1-22-19(24)11-26-17-8-4-12(9-18(17)25-2)3-7-16(23)13-5-6-14(20)15(21)10-13/h3-10H,11H2,1-2H3,(H,22,24)/b7-3+. The molecule has 1 amide bonds. The van der Waals surface area contributed by atoms with Crippen LogP contribution < -0.4 is 14.8 Å². The van der Waals surface area contributed by atoms with Gasteiger partial charge in [0.1, 0.15) is 0 Å². The molecule has 2 aromatic carbocycles. The highest BCUT2D eigenvalue weighted by atomic mass is 19.2. The van der Waals surface area contributed by atoms with Crippen molar-refractivity contribution in [1.29, 1.82) is 0 Å². The van der Waals surface area contributed by atoms with Gasteiger partial charge in [0, 0.05) is 12.6 Å². The Morgan fingerprint density at radius 2 is 1.85 bits per heavy atom. The molecule has 0 saturated heterocycles. The van der Waals surface area contributed by atoms with E-state index in [1.807, 2.05) is 0 Å². The van der Waals surface area contributed by atoms with Crippen LogP contribution in [0.4, 0.5) is 8.78 Å². The molecule has 0 fully saturated rings. The number of carbonyl (C=O) groups is 2. The molecule has 0 spiro atoms. The minimum atomic E-state index is -1.08. The molecule has 0 aliphatic rings. The first kappa shape index (κ1) is 19.1. The normalized spacial score (nSPS) is 10.6. The highest BCUT2D eigenvalue weighted by Crippen LogP contribution is 2.28. The van der Waals surface area contributed by atoms with Crippen LogP contribution in [0, 0.1) is 11.6 Å². The van der Waals surface area contributed by atoms with Crippen molar-refractivity contribution in [2.24, 2.45) is 0 Å². The zero-order valence-electron chi connectivity index (χ0n) is 14.2. The molecule has 0 aliphatic carbocycles. The molecule has 0 aromatic heterocycles. The van der Waals surface area contributed by atoms with Gasteiger partial charge in [-0.3, -0.25) is 9.59 Å². The Morgan fingerprint density at radius 1 is 1.08 bits per heavy atom. The van der Waals surface area contributed by atoms with Gasteiger partial charge in [0.05, 0.1) is 7.11 Å². The summed E-state index contributed by atoms with van der Waals surface area (Å²) in [5, 5.41) is 2.44. The van der Waals surface area contributed by atoms with E-state index in [1.54, 1.807) is 18.2 Å². The van der Waals surface area contributed by atoms with Crippen LogP contribution >= 0.6 is 0 Å². The van der Waals surface area contributed by atoms with Crippen molar-refractivity contribution in [2.45, 2.75) is 0 Å². The van der Waals surface area contributed by atoms with Gasteiger partial charge in [0.2, 0.25) is 0 Å². The number of likely N-dealkylation sites (N-methyl/N-ethyl adjacent to an activating group) is 1. The minimum Gasteiger partial charge on any atom is -0.493 e. The maximum absolute atomic E-state index is 13.2. The predicted molar refractivity (Wildman–Crippen MR) is 92.3 cm³/mol. The first-order valence-electron chi connectivity index (χ1n) is 7.63. The quantitative estimate of drug-likeness (QED) is 0.608. The number of benzene rings is 2. The lowest BCUT2D eigenvalue weighted by atomic mass is 10.1. The first-order valence-corrected chi connectivity index (χ1v) is 7.63. The van der Waals surface area contributed by atoms with Gasteiger partial charge in [-0.2, -0.15) is 0 Å². The highest BCUT2D eigenvalue weighted by molar-refractivity contribution is 6.06. The van der Waals surface area contributed by atoms with Crippen LogP contribution in [0.3, 0.4) is 0 Å². The number of rotatable bonds is 7. The zero-order chi connectivity index (χ0) is 19.1. The fourth-order valence-electron chi connectivity index (χ4n) is 2.04. The summed E-state index contributed by atoms with van der Waals surface area (Å²) in [6.07, 6.45) is 2.75. The van der Waals surface area contributed by atoms with Gasteiger partial charge < -0.3 is 14.8 Å². The van der Waals surface area contributed by atoms with E-state index in [0.29, 0.717) is 17.1 Å². The van der Waals surface area contributed by atoms with Crippen LogP contribution in [0.25, 0.3) is 6.08 Å². The SMILES string of the molecule is CNC(=O)COc1ccc(/C=C/C(=O)c2ccc(F)c(F)c2)cc1OC. The summed E-state index contributed by atoms with van der Waals surface area (Å²) in [7, 11) is 2.95. The Labute approximate surface area is 149 Å². The fourth-order valence-corrected chi connectivity index (χ4v) is 2.04. The molecular formula is C19H17F2NO4. The third-order valence-corrected chi connectivity index (χ3v) is 3.46.